The van der Waals surface area contributed by atoms with E-state index in [-0.39, 0.29) is 22.5 Å². The van der Waals surface area contributed by atoms with E-state index in [0.29, 0.717) is 36.8 Å². The molecule has 0 spiro atoms. The predicted molar refractivity (Wildman–Crippen MR) is 118 cm³/mol. The molecule has 11 heteroatoms. The average Bonchev–Trinajstić information content (AvgIpc) is 3.29. The molecule has 0 aliphatic heterocycles. The van der Waals surface area contributed by atoms with Gasteiger partial charge >= 0.3 is 12.4 Å². The van der Waals surface area contributed by atoms with Gasteiger partial charge in [-0.15, -0.1) is 11.3 Å². The van der Waals surface area contributed by atoms with Crippen molar-refractivity contribution < 1.29 is 31.1 Å². The van der Waals surface area contributed by atoms with Crippen LogP contribution in [-0.4, -0.2) is 30.0 Å². The Morgan fingerprint density at radius 3 is 2.35 bits per heavy atom. The topological polar surface area (TPSA) is 45.2 Å². The first-order valence-electron chi connectivity index (χ1n) is 10.6. The highest BCUT2D eigenvalue weighted by molar-refractivity contribution is 7.12. The lowest BCUT2D eigenvalue weighted by atomic mass is 9.89. The minimum absolute atomic E-state index is 0.0903. The van der Waals surface area contributed by atoms with Gasteiger partial charge in [-0.05, 0) is 49.3 Å². The second kappa shape index (κ2) is 9.09. The van der Waals surface area contributed by atoms with Crippen LogP contribution in [-0.2, 0) is 12.4 Å². The third-order valence-electron chi connectivity index (χ3n) is 6.12. The number of fused-ring (bicyclic) bond motifs is 1. The summed E-state index contributed by atoms with van der Waals surface area (Å²) in [5.41, 5.74) is -1.26. The van der Waals surface area contributed by atoms with Gasteiger partial charge in [0.05, 0.1) is 11.1 Å². The molecule has 1 aromatic carbocycles. The van der Waals surface area contributed by atoms with Crippen LogP contribution in [0.3, 0.4) is 0 Å². The van der Waals surface area contributed by atoms with Crippen LogP contribution >= 0.6 is 11.3 Å². The minimum Gasteiger partial charge on any atom is -0.371 e. The number of rotatable bonds is 4. The van der Waals surface area contributed by atoms with E-state index in [1.165, 1.54) is 11.4 Å². The highest BCUT2D eigenvalue weighted by Crippen LogP contribution is 2.37. The smallest absolute Gasteiger partial charge is 0.371 e. The Bertz CT molecular complexity index is 1180. The number of hydrogen-bond donors (Lipinski definition) is 1. The maximum Gasteiger partial charge on any atom is 0.433 e. The van der Waals surface area contributed by atoms with Crippen LogP contribution in [0.4, 0.5) is 32.0 Å². The first-order chi connectivity index (χ1) is 15.9. The van der Waals surface area contributed by atoms with Crippen LogP contribution in [0.1, 0.15) is 46.6 Å². The van der Waals surface area contributed by atoms with Gasteiger partial charge in [-0.25, -0.2) is 4.98 Å². The van der Waals surface area contributed by atoms with Crippen molar-refractivity contribution in [3.05, 3.63) is 57.9 Å². The second-order valence-corrected chi connectivity index (χ2v) is 9.21. The number of amides is 1. The summed E-state index contributed by atoms with van der Waals surface area (Å²) in [7, 11) is 1.73. The highest BCUT2D eigenvalue weighted by Gasteiger charge is 2.37. The van der Waals surface area contributed by atoms with Gasteiger partial charge in [-0.3, -0.25) is 4.79 Å². The molecule has 0 radical (unpaired) electrons. The molecule has 1 N–H and O–H groups in total. The zero-order valence-electron chi connectivity index (χ0n) is 18.0. The monoisotopic (exact) mass is 501 g/mol. The number of carbonyl (C=O) groups excluding carboxylic acids is 1. The van der Waals surface area contributed by atoms with E-state index >= 15 is 0 Å². The number of aromatic nitrogens is 1. The van der Waals surface area contributed by atoms with Gasteiger partial charge in [0.25, 0.3) is 5.91 Å². The lowest BCUT2D eigenvalue weighted by molar-refractivity contribution is -0.141. The molecule has 2 aromatic heterocycles. The fourth-order valence-corrected chi connectivity index (χ4v) is 5.17. The molecule has 0 saturated heterocycles. The van der Waals surface area contributed by atoms with Gasteiger partial charge in [0.1, 0.15) is 10.6 Å². The molecule has 0 bridgehead atoms. The number of benzene rings is 1. The van der Waals surface area contributed by atoms with Crippen LogP contribution in [0.5, 0.6) is 0 Å². The largest absolute Gasteiger partial charge is 0.433 e. The fraction of sp³-hybridized carbons (Fsp3) is 0.391. The van der Waals surface area contributed by atoms with Gasteiger partial charge in [0.15, 0.2) is 0 Å². The number of pyridine rings is 1. The van der Waals surface area contributed by atoms with Crippen molar-refractivity contribution in [2.75, 3.05) is 11.9 Å². The number of nitrogens with zero attached hydrogens (tertiary/aromatic N) is 2. The third-order valence-corrected chi connectivity index (χ3v) is 7.03. The Morgan fingerprint density at radius 2 is 1.71 bits per heavy atom. The van der Waals surface area contributed by atoms with Gasteiger partial charge in [0.2, 0.25) is 0 Å². The van der Waals surface area contributed by atoms with Gasteiger partial charge in [0, 0.05) is 30.2 Å². The van der Waals surface area contributed by atoms with Crippen molar-refractivity contribution in [3.8, 4) is 0 Å². The Balaban J connectivity index is 1.47. The van der Waals surface area contributed by atoms with Crippen LogP contribution in [0.25, 0.3) is 10.9 Å². The summed E-state index contributed by atoms with van der Waals surface area (Å²) in [5.74, 6) is -0.755. The summed E-state index contributed by atoms with van der Waals surface area (Å²) in [6.45, 7) is 0. The zero-order chi connectivity index (χ0) is 24.7. The zero-order valence-corrected chi connectivity index (χ0v) is 18.8. The lowest BCUT2D eigenvalue weighted by Gasteiger charge is -2.37. The summed E-state index contributed by atoms with van der Waals surface area (Å²) in [5, 5.41) is 4.52. The number of hydrogen-bond acceptors (Lipinski definition) is 4. The van der Waals surface area contributed by atoms with Crippen molar-refractivity contribution in [1.82, 2.24) is 10.3 Å². The summed E-state index contributed by atoms with van der Waals surface area (Å²) in [6, 6.07) is 8.16. The quantitative estimate of drug-likeness (QED) is 0.415. The van der Waals surface area contributed by atoms with Crippen LogP contribution in [0.2, 0.25) is 0 Å². The number of halogens is 6. The number of para-hydroxylation sites is 1. The van der Waals surface area contributed by atoms with Crippen LogP contribution < -0.4 is 10.2 Å². The number of alkyl halides is 6. The molecule has 1 amide bonds. The van der Waals surface area contributed by atoms with E-state index < -0.39 is 29.5 Å². The van der Waals surface area contributed by atoms with E-state index in [4.69, 9.17) is 0 Å². The lowest BCUT2D eigenvalue weighted by Crippen LogP contribution is -2.43. The van der Waals surface area contributed by atoms with Gasteiger partial charge in [-0.1, -0.05) is 18.2 Å². The molecule has 1 aliphatic rings. The molecular weight excluding hydrogens is 480 g/mol. The van der Waals surface area contributed by atoms with Crippen LogP contribution in [0.15, 0.2) is 41.8 Å². The van der Waals surface area contributed by atoms with E-state index in [1.807, 2.05) is 0 Å². The normalized spacial score (nSPS) is 19.3. The van der Waals surface area contributed by atoms with E-state index in [0.717, 1.165) is 23.5 Å². The highest BCUT2D eigenvalue weighted by atomic mass is 32.1. The maximum absolute atomic E-state index is 13.4. The van der Waals surface area contributed by atoms with Crippen molar-refractivity contribution in [1.29, 1.82) is 0 Å². The Kier molecular flexibility index (Phi) is 6.50. The molecular formula is C23H21F6N3OS. The molecule has 34 heavy (non-hydrogen) atoms. The van der Waals surface area contributed by atoms with Crippen molar-refractivity contribution >= 4 is 33.8 Å². The van der Waals surface area contributed by atoms with Gasteiger partial charge in [-0.2, -0.15) is 26.3 Å². The molecule has 1 fully saturated rings. The maximum atomic E-state index is 13.4. The minimum atomic E-state index is -4.60. The van der Waals surface area contributed by atoms with Crippen LogP contribution in [0, 0.1) is 0 Å². The standard InChI is InChI=1S/C23H21F6N3OS/c1-32(18-12-19(23(27,28)29)31-17-5-3-2-4-15(17)18)14-8-6-13(7-9-14)30-21(33)20-16(10-11-34-20)22(24,25)26/h2-5,10-14H,6-9H2,1H3,(H,30,33). The molecule has 182 valence electrons. The van der Waals surface area contributed by atoms with Gasteiger partial charge < -0.3 is 10.2 Å². The molecule has 1 saturated carbocycles. The Labute approximate surface area is 195 Å². The molecule has 1 aliphatic carbocycles. The Morgan fingerprint density at radius 1 is 1.03 bits per heavy atom. The summed E-state index contributed by atoms with van der Waals surface area (Å²) < 4.78 is 79.5. The molecule has 3 aromatic rings. The number of anilines is 1. The number of thiophene rings is 1. The van der Waals surface area contributed by atoms with E-state index in [2.05, 4.69) is 10.3 Å². The molecule has 4 nitrogen and oxygen atoms in total. The first kappa shape index (κ1) is 24.3. The fourth-order valence-electron chi connectivity index (χ4n) is 4.36. The van der Waals surface area contributed by atoms with Crippen molar-refractivity contribution in [2.45, 2.75) is 50.1 Å². The third kappa shape index (κ3) is 4.98. The number of carbonyl (C=O) groups is 1. The van der Waals surface area contributed by atoms with Crippen molar-refractivity contribution in [2.24, 2.45) is 0 Å². The first-order valence-corrected chi connectivity index (χ1v) is 11.5. The van der Waals surface area contributed by atoms with Crippen molar-refractivity contribution in [3.63, 3.8) is 0 Å². The SMILES string of the molecule is CN(c1cc(C(F)(F)F)nc2ccccc12)C1CCC(NC(=O)c2sccc2C(F)(F)F)CC1. The molecule has 2 heterocycles. The summed E-state index contributed by atoms with van der Waals surface area (Å²) in [6.07, 6.45) is -7.05. The second-order valence-electron chi connectivity index (χ2n) is 8.29. The Hall–Kier alpha value is -2.82. The number of nitrogens with one attached hydrogen (secondary N) is 1. The predicted octanol–water partition coefficient (Wildman–Crippen LogP) is 6.51. The summed E-state index contributed by atoms with van der Waals surface area (Å²) in [4.78, 5) is 17.6. The molecule has 0 unspecified atom stereocenters. The van der Waals surface area contributed by atoms with E-state index in [9.17, 15) is 31.1 Å². The molecule has 4 rings (SSSR count). The summed E-state index contributed by atoms with van der Waals surface area (Å²) >= 11 is 0.742. The average molecular weight is 501 g/mol. The van der Waals surface area contributed by atoms with E-state index in [1.54, 1.807) is 30.1 Å². The molecule has 0 atom stereocenters.